The average molecular weight is 453 g/mol. The summed E-state index contributed by atoms with van der Waals surface area (Å²) in [6.45, 7) is 10.7. The number of nitrogens with zero attached hydrogens (tertiary/aromatic N) is 4. The molecule has 1 saturated heterocycles. The number of aromatic nitrogens is 1. The Balaban J connectivity index is 0.00000264. The van der Waals surface area contributed by atoms with Crippen LogP contribution in [-0.4, -0.2) is 61.8 Å². The molecule has 1 atom stereocenters. The van der Waals surface area contributed by atoms with Crippen molar-refractivity contribution in [2.45, 2.75) is 26.9 Å². The minimum absolute atomic E-state index is 0. The van der Waals surface area contributed by atoms with Crippen LogP contribution in [0.3, 0.4) is 0 Å². The predicted molar refractivity (Wildman–Crippen MR) is 108 cm³/mol. The maximum absolute atomic E-state index is 6.15. The van der Waals surface area contributed by atoms with Gasteiger partial charge in [-0.1, -0.05) is 20.8 Å². The van der Waals surface area contributed by atoms with Crippen molar-refractivity contribution in [1.29, 1.82) is 0 Å². The fraction of sp³-hybridized carbons (Fsp3) is 0.733. The summed E-state index contributed by atoms with van der Waals surface area (Å²) in [5.74, 6) is 0.616. The number of hydrogen-bond acceptors (Lipinski definition) is 5. The van der Waals surface area contributed by atoms with Crippen molar-refractivity contribution < 1.29 is 4.74 Å². The van der Waals surface area contributed by atoms with Crippen molar-refractivity contribution in [3.8, 4) is 0 Å². The predicted octanol–water partition coefficient (Wildman–Crippen LogP) is 2.26. The number of methoxy groups -OCH3 is 1. The second-order valence-corrected chi connectivity index (χ2v) is 7.45. The molecule has 0 saturated carbocycles. The molecule has 0 aromatic carbocycles. The minimum atomic E-state index is 0. The van der Waals surface area contributed by atoms with Gasteiger partial charge < -0.3 is 20.3 Å². The van der Waals surface area contributed by atoms with Crippen LogP contribution < -0.4 is 10.6 Å². The Morgan fingerprint density at radius 1 is 1.39 bits per heavy atom. The van der Waals surface area contributed by atoms with Crippen LogP contribution >= 0.6 is 35.3 Å². The maximum Gasteiger partial charge on any atom is 0.191 e. The van der Waals surface area contributed by atoms with Crippen molar-refractivity contribution in [2.75, 3.05) is 44.7 Å². The molecule has 1 fully saturated rings. The molecule has 0 aliphatic carbocycles. The van der Waals surface area contributed by atoms with E-state index in [0.717, 1.165) is 31.3 Å². The first kappa shape index (κ1) is 20.4. The van der Waals surface area contributed by atoms with Crippen LogP contribution in [0.1, 0.15) is 20.8 Å². The highest BCUT2D eigenvalue weighted by Crippen LogP contribution is 2.22. The summed E-state index contributed by atoms with van der Waals surface area (Å²) >= 11 is 1.68. The topological polar surface area (TPSA) is 67.0 Å². The molecule has 2 heterocycles. The van der Waals surface area contributed by atoms with Gasteiger partial charge >= 0.3 is 0 Å². The van der Waals surface area contributed by atoms with Crippen molar-refractivity contribution in [3.63, 3.8) is 0 Å². The molecule has 6 nitrogen and oxygen atoms in total. The summed E-state index contributed by atoms with van der Waals surface area (Å²) in [5, 5.41) is 3.09. The van der Waals surface area contributed by atoms with Crippen LogP contribution in [0.5, 0.6) is 0 Å². The highest BCUT2D eigenvalue weighted by Gasteiger charge is 2.25. The van der Waals surface area contributed by atoms with E-state index >= 15 is 0 Å². The van der Waals surface area contributed by atoms with Gasteiger partial charge in [0.05, 0.1) is 12.6 Å². The van der Waals surface area contributed by atoms with E-state index in [-0.39, 0.29) is 35.5 Å². The number of anilines is 1. The molecular weight excluding hydrogens is 425 g/mol. The number of thiazole rings is 1. The lowest BCUT2D eigenvalue weighted by Gasteiger charge is -2.35. The zero-order valence-electron chi connectivity index (χ0n) is 14.4. The second kappa shape index (κ2) is 9.03. The van der Waals surface area contributed by atoms with Crippen LogP contribution in [0.15, 0.2) is 16.6 Å². The van der Waals surface area contributed by atoms with E-state index in [9.17, 15) is 0 Å². The third-order valence-corrected chi connectivity index (χ3v) is 4.80. The van der Waals surface area contributed by atoms with Crippen LogP contribution in [-0.2, 0) is 4.74 Å². The molecule has 23 heavy (non-hydrogen) atoms. The largest absolute Gasteiger partial charge is 0.379 e. The Kier molecular flexibility index (Phi) is 8.02. The summed E-state index contributed by atoms with van der Waals surface area (Å²) in [6.07, 6.45) is 1.92. The molecule has 0 amide bonds. The molecular formula is C15H28IN5OS. The molecule has 132 valence electrons. The van der Waals surface area contributed by atoms with Crippen LogP contribution in [0, 0.1) is 5.41 Å². The van der Waals surface area contributed by atoms with Gasteiger partial charge in [0.15, 0.2) is 11.1 Å². The second-order valence-electron chi connectivity index (χ2n) is 6.58. The fourth-order valence-corrected chi connectivity index (χ4v) is 3.17. The number of halogens is 1. The number of piperazine rings is 1. The maximum atomic E-state index is 6.15. The number of ether oxygens (including phenoxy) is 1. The first-order valence-corrected chi connectivity index (χ1v) is 8.52. The Morgan fingerprint density at radius 3 is 2.52 bits per heavy atom. The summed E-state index contributed by atoms with van der Waals surface area (Å²) < 4.78 is 5.52. The standard InChI is InChI=1S/C15H27N5OS.HI/c1-15(2,3)12(21-4)11-18-13(16)19-6-8-20(9-7-19)14-17-5-10-22-14;/h5,10,12H,6-9,11H2,1-4H3,(H2,16,18);1H. The molecule has 2 rings (SSSR count). The normalized spacial score (nSPS) is 17.8. The smallest absolute Gasteiger partial charge is 0.191 e. The number of aliphatic imine (C=N–C) groups is 1. The number of rotatable bonds is 4. The number of guanidine groups is 1. The molecule has 0 bridgehead atoms. The molecule has 1 aromatic rings. The zero-order valence-corrected chi connectivity index (χ0v) is 17.5. The summed E-state index contributed by atoms with van der Waals surface area (Å²) in [6, 6.07) is 0. The first-order chi connectivity index (χ1) is 10.4. The van der Waals surface area contributed by atoms with Crippen LogP contribution in [0.4, 0.5) is 5.13 Å². The number of hydrogen-bond donors (Lipinski definition) is 1. The van der Waals surface area contributed by atoms with Crippen molar-refractivity contribution in [1.82, 2.24) is 9.88 Å². The Labute approximate surface area is 160 Å². The van der Waals surface area contributed by atoms with E-state index in [1.807, 2.05) is 11.6 Å². The molecule has 1 aliphatic rings. The van der Waals surface area contributed by atoms with Crippen molar-refractivity contribution in [2.24, 2.45) is 16.1 Å². The summed E-state index contributed by atoms with van der Waals surface area (Å²) in [5.41, 5.74) is 6.21. The lowest BCUT2D eigenvalue weighted by Crippen LogP contribution is -2.51. The van der Waals surface area contributed by atoms with Gasteiger partial charge in [-0.2, -0.15) is 0 Å². The quantitative estimate of drug-likeness (QED) is 0.431. The summed E-state index contributed by atoms with van der Waals surface area (Å²) in [7, 11) is 1.73. The van der Waals surface area contributed by atoms with Gasteiger partial charge in [-0.3, -0.25) is 4.99 Å². The average Bonchev–Trinajstić information content (AvgIpc) is 3.00. The van der Waals surface area contributed by atoms with E-state index in [0.29, 0.717) is 12.5 Å². The molecule has 1 aromatic heterocycles. The van der Waals surface area contributed by atoms with Gasteiger partial charge in [0.2, 0.25) is 0 Å². The van der Waals surface area contributed by atoms with Crippen LogP contribution in [0.25, 0.3) is 0 Å². The third-order valence-electron chi connectivity index (χ3n) is 3.96. The first-order valence-electron chi connectivity index (χ1n) is 7.64. The van der Waals surface area contributed by atoms with Gasteiger partial charge in [-0.25, -0.2) is 4.98 Å². The Hall–Kier alpha value is -0.610. The molecule has 1 unspecified atom stereocenters. The van der Waals surface area contributed by atoms with E-state index < -0.39 is 0 Å². The summed E-state index contributed by atoms with van der Waals surface area (Å²) in [4.78, 5) is 13.3. The van der Waals surface area contributed by atoms with Crippen LogP contribution in [0.2, 0.25) is 0 Å². The van der Waals surface area contributed by atoms with Gasteiger partial charge in [0, 0.05) is 44.9 Å². The van der Waals surface area contributed by atoms with E-state index in [4.69, 9.17) is 10.5 Å². The third kappa shape index (κ3) is 5.75. The van der Waals surface area contributed by atoms with E-state index in [1.54, 1.807) is 18.4 Å². The lowest BCUT2D eigenvalue weighted by atomic mass is 9.89. The molecule has 0 spiro atoms. The SMILES string of the molecule is COC(CN=C(N)N1CCN(c2nccs2)CC1)C(C)(C)C.I. The molecule has 2 N–H and O–H groups in total. The molecule has 8 heteroatoms. The van der Waals surface area contributed by atoms with Crippen molar-refractivity contribution >= 4 is 46.4 Å². The highest BCUT2D eigenvalue weighted by molar-refractivity contribution is 14.0. The zero-order chi connectivity index (χ0) is 16.2. The monoisotopic (exact) mass is 453 g/mol. The van der Waals surface area contributed by atoms with Gasteiger partial charge in [-0.05, 0) is 5.41 Å². The van der Waals surface area contributed by atoms with Crippen molar-refractivity contribution in [3.05, 3.63) is 11.6 Å². The fourth-order valence-electron chi connectivity index (χ4n) is 2.48. The Morgan fingerprint density at radius 2 is 2.04 bits per heavy atom. The highest BCUT2D eigenvalue weighted by atomic mass is 127. The number of nitrogens with two attached hydrogens (primary N) is 1. The van der Waals surface area contributed by atoms with Gasteiger partial charge in [-0.15, -0.1) is 35.3 Å². The molecule has 1 aliphatic heterocycles. The molecule has 0 radical (unpaired) electrons. The van der Waals surface area contributed by atoms with Gasteiger partial charge in [0.1, 0.15) is 0 Å². The van der Waals surface area contributed by atoms with E-state index in [2.05, 4.69) is 40.5 Å². The lowest BCUT2D eigenvalue weighted by molar-refractivity contribution is 0.0240. The van der Waals surface area contributed by atoms with E-state index in [1.165, 1.54) is 0 Å². The Bertz CT molecular complexity index is 481. The minimum Gasteiger partial charge on any atom is -0.379 e. The van der Waals surface area contributed by atoms with Gasteiger partial charge in [0.25, 0.3) is 0 Å².